The van der Waals surface area contributed by atoms with Gasteiger partial charge in [-0.05, 0) is 48.4 Å². The third-order valence-corrected chi connectivity index (χ3v) is 6.77. The maximum absolute atomic E-state index is 13.4. The van der Waals surface area contributed by atoms with Crippen LogP contribution in [0.2, 0.25) is 5.02 Å². The van der Waals surface area contributed by atoms with Crippen LogP contribution in [0.15, 0.2) is 86.9 Å². The van der Waals surface area contributed by atoms with E-state index in [2.05, 4.69) is 34.0 Å². The van der Waals surface area contributed by atoms with Gasteiger partial charge in [0, 0.05) is 14.8 Å². The minimum Gasteiger partial charge on any atom is -0.278 e. The van der Waals surface area contributed by atoms with Crippen LogP contribution in [0.4, 0.5) is 11.4 Å². The molecule has 0 saturated carbocycles. The molecule has 3 aromatic rings. The monoisotopic (exact) mass is 449 g/mol. The zero-order valence-electron chi connectivity index (χ0n) is 16.8. The van der Waals surface area contributed by atoms with Crippen LogP contribution in [-0.4, -0.2) is 24.1 Å². The third-order valence-electron chi connectivity index (χ3n) is 5.30. The average Bonchev–Trinajstić information content (AvgIpc) is 3.24. The van der Waals surface area contributed by atoms with Gasteiger partial charge < -0.3 is 0 Å². The van der Waals surface area contributed by atoms with Crippen molar-refractivity contribution >= 4 is 40.6 Å². The normalized spacial score (nSPS) is 16.9. The Balaban J connectivity index is 1.39. The molecule has 0 aromatic heterocycles. The Bertz CT molecular complexity index is 1180. The van der Waals surface area contributed by atoms with Crippen molar-refractivity contribution in [2.24, 2.45) is 10.3 Å². The van der Waals surface area contributed by atoms with Crippen LogP contribution in [-0.2, 0) is 4.79 Å². The Kier molecular flexibility index (Phi) is 5.40. The van der Waals surface area contributed by atoms with Crippen molar-refractivity contribution in [3.05, 3.63) is 82.9 Å². The smallest absolute Gasteiger partial charge is 0.247 e. The lowest BCUT2D eigenvalue weighted by Crippen LogP contribution is -2.43. The van der Waals surface area contributed by atoms with E-state index in [1.54, 1.807) is 21.8 Å². The van der Waals surface area contributed by atoms with Gasteiger partial charge in [0.25, 0.3) is 0 Å². The molecular formula is C23H20ClN5OS. The third kappa shape index (κ3) is 3.80. The summed E-state index contributed by atoms with van der Waals surface area (Å²) in [7, 11) is 0. The minimum absolute atomic E-state index is 0.0698. The van der Waals surface area contributed by atoms with Crippen LogP contribution in [0.1, 0.15) is 17.2 Å². The standard InChI is InChI=1S/C23H20ClN5OS/c1-15-10-11-22-19(12-15)28(18-8-4-5-9-21(18)31-22)23(30)14-26-29-20(13-25-27-29)16-6-2-3-7-17(16)24/h2-12,20,26H,13-14H2,1H3. The number of carbonyl (C=O) groups is 1. The average molecular weight is 450 g/mol. The lowest BCUT2D eigenvalue weighted by Gasteiger charge is -2.32. The number of nitrogens with zero attached hydrogens (tertiary/aromatic N) is 4. The van der Waals surface area contributed by atoms with Gasteiger partial charge in [0.05, 0.1) is 24.5 Å². The van der Waals surface area contributed by atoms with Gasteiger partial charge in [-0.25, -0.2) is 10.5 Å². The molecule has 2 aliphatic rings. The van der Waals surface area contributed by atoms with E-state index < -0.39 is 0 Å². The molecule has 1 N–H and O–H groups in total. The maximum Gasteiger partial charge on any atom is 0.247 e. The number of fused-ring (bicyclic) bond motifs is 2. The molecular weight excluding hydrogens is 430 g/mol. The van der Waals surface area contributed by atoms with Gasteiger partial charge in [0.1, 0.15) is 6.04 Å². The lowest BCUT2D eigenvalue weighted by atomic mass is 10.1. The summed E-state index contributed by atoms with van der Waals surface area (Å²) in [6.07, 6.45) is 0. The first-order valence-electron chi connectivity index (χ1n) is 9.97. The summed E-state index contributed by atoms with van der Waals surface area (Å²) in [6, 6.07) is 21.6. The number of hydrazine groups is 1. The van der Waals surface area contributed by atoms with Crippen LogP contribution in [0.3, 0.4) is 0 Å². The maximum atomic E-state index is 13.4. The van der Waals surface area contributed by atoms with Crippen LogP contribution in [0.25, 0.3) is 0 Å². The fourth-order valence-electron chi connectivity index (χ4n) is 3.80. The molecule has 0 radical (unpaired) electrons. The van der Waals surface area contributed by atoms with Crippen LogP contribution >= 0.6 is 23.4 Å². The summed E-state index contributed by atoms with van der Waals surface area (Å²) in [5.41, 5.74) is 6.98. The van der Waals surface area contributed by atoms with Gasteiger partial charge in [-0.15, -0.1) is 0 Å². The number of hydrogen-bond acceptors (Lipinski definition) is 6. The topological polar surface area (TPSA) is 60.3 Å². The summed E-state index contributed by atoms with van der Waals surface area (Å²) in [6.45, 7) is 2.59. The molecule has 3 aromatic carbocycles. The Labute approximate surface area is 189 Å². The fourth-order valence-corrected chi connectivity index (χ4v) is 5.10. The van der Waals surface area contributed by atoms with Crippen molar-refractivity contribution < 1.29 is 4.79 Å². The van der Waals surface area contributed by atoms with Crippen molar-refractivity contribution in [1.82, 2.24) is 10.5 Å². The number of anilines is 2. The van der Waals surface area contributed by atoms with Crippen LogP contribution < -0.4 is 10.3 Å². The van der Waals surface area contributed by atoms with Crippen LogP contribution in [0.5, 0.6) is 0 Å². The second-order valence-electron chi connectivity index (χ2n) is 7.40. The predicted octanol–water partition coefficient (Wildman–Crippen LogP) is 5.71. The molecule has 0 saturated heterocycles. The molecule has 5 rings (SSSR count). The van der Waals surface area contributed by atoms with Crippen molar-refractivity contribution in [2.45, 2.75) is 22.8 Å². The molecule has 0 bridgehead atoms. The predicted molar refractivity (Wildman–Crippen MR) is 123 cm³/mol. The fraction of sp³-hybridized carbons (Fsp3) is 0.174. The zero-order chi connectivity index (χ0) is 21.4. The molecule has 31 heavy (non-hydrogen) atoms. The number of aryl methyl sites for hydroxylation is 1. The molecule has 1 unspecified atom stereocenters. The van der Waals surface area contributed by atoms with Crippen molar-refractivity contribution in [1.29, 1.82) is 0 Å². The van der Waals surface area contributed by atoms with E-state index in [9.17, 15) is 4.79 Å². The molecule has 0 spiro atoms. The Hall–Kier alpha value is -2.87. The van der Waals surface area contributed by atoms with E-state index in [0.717, 1.165) is 32.3 Å². The lowest BCUT2D eigenvalue weighted by molar-refractivity contribution is -0.118. The number of hydrogen-bond donors (Lipinski definition) is 1. The van der Waals surface area contributed by atoms with Gasteiger partial charge in [0.2, 0.25) is 5.91 Å². The molecule has 8 heteroatoms. The van der Waals surface area contributed by atoms with Gasteiger partial charge in [-0.3, -0.25) is 9.69 Å². The van der Waals surface area contributed by atoms with Crippen molar-refractivity contribution in [2.75, 3.05) is 18.0 Å². The molecule has 6 nitrogen and oxygen atoms in total. The number of nitrogens with one attached hydrogen (secondary N) is 1. The summed E-state index contributed by atoms with van der Waals surface area (Å²) in [5, 5.41) is 10.6. The highest BCUT2D eigenvalue weighted by Crippen LogP contribution is 2.48. The molecule has 2 aliphatic heterocycles. The zero-order valence-corrected chi connectivity index (χ0v) is 18.4. The first kappa shape index (κ1) is 20.1. The second kappa shape index (κ2) is 8.34. The summed E-state index contributed by atoms with van der Waals surface area (Å²) in [5.74, 6) is -0.0698. The largest absolute Gasteiger partial charge is 0.278 e. The van der Waals surface area contributed by atoms with Crippen molar-refractivity contribution in [3.63, 3.8) is 0 Å². The molecule has 1 atom stereocenters. The molecule has 2 heterocycles. The van der Waals surface area contributed by atoms with Gasteiger partial charge in [-0.1, -0.05) is 65.0 Å². The van der Waals surface area contributed by atoms with E-state index in [0.29, 0.717) is 11.6 Å². The van der Waals surface area contributed by atoms with E-state index >= 15 is 0 Å². The molecule has 0 fully saturated rings. The number of rotatable bonds is 4. The first-order valence-corrected chi connectivity index (χ1v) is 11.2. The minimum atomic E-state index is -0.153. The summed E-state index contributed by atoms with van der Waals surface area (Å²) >= 11 is 8.05. The second-order valence-corrected chi connectivity index (χ2v) is 8.89. The highest BCUT2D eigenvalue weighted by atomic mass is 35.5. The van der Waals surface area contributed by atoms with E-state index in [-0.39, 0.29) is 18.5 Å². The Morgan fingerprint density at radius 1 is 1.10 bits per heavy atom. The molecule has 0 aliphatic carbocycles. The molecule has 156 valence electrons. The van der Waals surface area contributed by atoms with E-state index in [1.165, 1.54) is 0 Å². The van der Waals surface area contributed by atoms with Gasteiger partial charge in [0.15, 0.2) is 0 Å². The van der Waals surface area contributed by atoms with Crippen LogP contribution in [0, 0.1) is 6.92 Å². The van der Waals surface area contributed by atoms with Gasteiger partial charge in [-0.2, -0.15) is 5.11 Å². The number of para-hydroxylation sites is 1. The highest BCUT2D eigenvalue weighted by molar-refractivity contribution is 7.99. The Morgan fingerprint density at radius 2 is 1.87 bits per heavy atom. The van der Waals surface area contributed by atoms with Gasteiger partial charge >= 0.3 is 0 Å². The highest BCUT2D eigenvalue weighted by Gasteiger charge is 2.30. The summed E-state index contributed by atoms with van der Waals surface area (Å²) < 4.78 is 0. The first-order chi connectivity index (χ1) is 15.1. The number of halogens is 1. The van der Waals surface area contributed by atoms with E-state index in [1.807, 2.05) is 55.5 Å². The molecule has 1 amide bonds. The number of amides is 1. The van der Waals surface area contributed by atoms with Crippen molar-refractivity contribution in [3.8, 4) is 0 Å². The van der Waals surface area contributed by atoms with E-state index in [4.69, 9.17) is 11.6 Å². The quantitative estimate of drug-likeness (QED) is 0.554. The number of benzene rings is 3. The number of carbonyl (C=O) groups excluding carboxylic acids is 1. The SMILES string of the molecule is Cc1ccc2c(c1)N(C(=O)CNN1N=NCC1c1ccccc1Cl)c1ccccc1S2. The summed E-state index contributed by atoms with van der Waals surface area (Å²) in [4.78, 5) is 17.3. The Morgan fingerprint density at radius 3 is 2.74 bits per heavy atom.